The molecule has 46 heavy (non-hydrogen) atoms. The number of anilines is 1. The van der Waals surface area contributed by atoms with Gasteiger partial charge in [-0.15, -0.1) is 0 Å². The zero-order valence-electron chi connectivity index (χ0n) is 26.0. The van der Waals surface area contributed by atoms with Crippen LogP contribution in [0.4, 0.5) is 10.1 Å². The predicted octanol–water partition coefficient (Wildman–Crippen LogP) is 4.00. The van der Waals surface area contributed by atoms with Crippen LogP contribution in [0.3, 0.4) is 0 Å². The lowest BCUT2D eigenvalue weighted by Crippen LogP contribution is -2.44. The van der Waals surface area contributed by atoms with Crippen molar-refractivity contribution in [1.82, 2.24) is 39.4 Å². The van der Waals surface area contributed by atoms with Crippen LogP contribution in [0, 0.1) is 5.82 Å². The predicted molar refractivity (Wildman–Crippen MR) is 171 cm³/mol. The van der Waals surface area contributed by atoms with Crippen LogP contribution in [-0.4, -0.2) is 97.3 Å². The average molecular weight is 622 g/mol. The molecule has 2 fully saturated rings. The molecule has 6 heterocycles. The highest BCUT2D eigenvalue weighted by Crippen LogP contribution is 2.33. The number of halogens is 1. The second-order valence-corrected chi connectivity index (χ2v) is 12.4. The summed E-state index contributed by atoms with van der Waals surface area (Å²) in [5.74, 6) is -0.525. The Kier molecular flexibility index (Phi) is 7.25. The van der Waals surface area contributed by atoms with Crippen LogP contribution >= 0.6 is 0 Å². The van der Waals surface area contributed by atoms with Gasteiger partial charge in [0.15, 0.2) is 5.65 Å². The minimum atomic E-state index is -0.353. The number of nitrogens with zero attached hydrogens (tertiary/aromatic N) is 9. The Morgan fingerprint density at radius 1 is 0.978 bits per heavy atom. The summed E-state index contributed by atoms with van der Waals surface area (Å²) in [5.41, 5.74) is 5.89. The third-order valence-corrected chi connectivity index (χ3v) is 9.68. The van der Waals surface area contributed by atoms with Crippen molar-refractivity contribution in [1.29, 1.82) is 0 Å². The Labute approximate surface area is 266 Å². The number of fused-ring (bicyclic) bond motifs is 2. The quantitative estimate of drug-likeness (QED) is 0.291. The van der Waals surface area contributed by atoms with E-state index in [0.717, 1.165) is 63.5 Å². The molecule has 11 nitrogen and oxygen atoms in total. The Morgan fingerprint density at radius 3 is 2.63 bits per heavy atom. The van der Waals surface area contributed by atoms with Gasteiger partial charge in [0.1, 0.15) is 17.2 Å². The van der Waals surface area contributed by atoms with Crippen molar-refractivity contribution in [3.8, 4) is 22.6 Å². The molecule has 0 N–H and O–H groups in total. The van der Waals surface area contributed by atoms with Crippen molar-refractivity contribution in [2.45, 2.75) is 31.8 Å². The Balaban J connectivity index is 1.11. The minimum Gasteiger partial charge on any atom is -0.379 e. The van der Waals surface area contributed by atoms with Crippen molar-refractivity contribution in [3.63, 3.8) is 0 Å². The number of rotatable bonds is 5. The normalized spacial score (nSPS) is 20.4. The summed E-state index contributed by atoms with van der Waals surface area (Å²) in [7, 11) is 1.73. The first-order valence-electron chi connectivity index (χ1n) is 16.0. The maximum Gasteiger partial charge on any atom is 0.273 e. The van der Waals surface area contributed by atoms with Crippen LogP contribution in [0.15, 0.2) is 60.8 Å². The third-order valence-electron chi connectivity index (χ3n) is 9.68. The monoisotopic (exact) mass is 621 g/mol. The smallest absolute Gasteiger partial charge is 0.273 e. The summed E-state index contributed by atoms with van der Waals surface area (Å²) >= 11 is 0. The lowest BCUT2D eigenvalue weighted by Gasteiger charge is -2.35. The van der Waals surface area contributed by atoms with E-state index in [0.29, 0.717) is 40.9 Å². The van der Waals surface area contributed by atoms with Crippen LogP contribution < -0.4 is 4.90 Å². The van der Waals surface area contributed by atoms with Crippen molar-refractivity contribution in [3.05, 3.63) is 83.4 Å². The number of hydrogen-bond acceptors (Lipinski definition) is 8. The number of carbonyl (C=O) groups excluding carboxylic acids is 1. The summed E-state index contributed by atoms with van der Waals surface area (Å²) in [4.78, 5) is 26.8. The van der Waals surface area contributed by atoms with Gasteiger partial charge in [0, 0.05) is 63.1 Å². The zero-order valence-corrected chi connectivity index (χ0v) is 26.0. The Morgan fingerprint density at radius 2 is 1.83 bits per heavy atom. The topological polar surface area (TPSA) is 96.9 Å². The minimum absolute atomic E-state index is 0.0942. The number of amides is 1. The van der Waals surface area contributed by atoms with Crippen molar-refractivity contribution in [2.24, 2.45) is 7.05 Å². The number of aryl methyl sites for hydroxylation is 1. The molecule has 0 spiro atoms. The van der Waals surface area contributed by atoms with Crippen molar-refractivity contribution in [2.75, 3.05) is 50.8 Å². The molecule has 5 aromatic rings. The van der Waals surface area contributed by atoms with Gasteiger partial charge in [-0.1, -0.05) is 24.3 Å². The van der Waals surface area contributed by atoms with E-state index in [1.165, 1.54) is 10.4 Å². The van der Waals surface area contributed by atoms with Gasteiger partial charge >= 0.3 is 0 Å². The summed E-state index contributed by atoms with van der Waals surface area (Å²) in [5, 5.41) is 13.5. The van der Waals surface area contributed by atoms with Gasteiger partial charge in [0.2, 0.25) is 0 Å². The highest BCUT2D eigenvalue weighted by molar-refractivity contribution is 5.94. The van der Waals surface area contributed by atoms with Crippen LogP contribution in [0.2, 0.25) is 0 Å². The summed E-state index contributed by atoms with van der Waals surface area (Å²) < 4.78 is 22.9. The van der Waals surface area contributed by atoms with Crippen LogP contribution in [0.25, 0.3) is 28.3 Å². The molecule has 2 aromatic carbocycles. The Bertz CT molecular complexity index is 1930. The average Bonchev–Trinajstić information content (AvgIpc) is 3.85. The second kappa shape index (κ2) is 11.6. The maximum absolute atomic E-state index is 15.8. The fourth-order valence-corrected chi connectivity index (χ4v) is 7.18. The maximum atomic E-state index is 15.8. The lowest BCUT2D eigenvalue weighted by molar-refractivity contribution is 0.0209. The molecule has 3 aromatic heterocycles. The Hall–Kier alpha value is -4.68. The van der Waals surface area contributed by atoms with E-state index in [1.807, 2.05) is 30.0 Å². The molecule has 0 unspecified atom stereocenters. The molecule has 1 amide bonds. The summed E-state index contributed by atoms with van der Waals surface area (Å²) in [6, 6.07) is 17.4. The van der Waals surface area contributed by atoms with Gasteiger partial charge in [-0.25, -0.2) is 13.9 Å². The number of carbonyl (C=O) groups is 1. The molecule has 0 radical (unpaired) electrons. The summed E-state index contributed by atoms with van der Waals surface area (Å²) in [6.07, 6.45) is 3.46. The zero-order chi connectivity index (χ0) is 31.4. The van der Waals surface area contributed by atoms with Crippen LogP contribution in [-0.2, 0) is 18.2 Å². The van der Waals surface area contributed by atoms with E-state index in [4.69, 9.17) is 14.8 Å². The number of hydrogen-bond donors (Lipinski definition) is 0. The number of ether oxygens (including phenoxy) is 1. The highest BCUT2D eigenvalue weighted by atomic mass is 19.1. The van der Waals surface area contributed by atoms with E-state index in [1.54, 1.807) is 42.0 Å². The van der Waals surface area contributed by atoms with Crippen molar-refractivity contribution < 1.29 is 13.9 Å². The SMILES string of the molecule is C[C@@H]1c2ccccc2CCN1C(=O)c1cc(-c2cnn(C)n2)n2nc(-c3ccc(N4CC[C@H](N5CCOCC5)C4)cc3F)cc2n1. The highest BCUT2D eigenvalue weighted by Gasteiger charge is 2.31. The van der Waals surface area contributed by atoms with E-state index < -0.39 is 0 Å². The first-order valence-corrected chi connectivity index (χ1v) is 16.0. The van der Waals surface area contributed by atoms with E-state index >= 15 is 4.39 Å². The fraction of sp³-hybridized carbons (Fsp3) is 0.382. The first-order chi connectivity index (χ1) is 22.4. The molecule has 12 heteroatoms. The fourth-order valence-electron chi connectivity index (χ4n) is 7.18. The first kappa shape index (κ1) is 28.8. The molecule has 0 bridgehead atoms. The molecule has 236 valence electrons. The second-order valence-electron chi connectivity index (χ2n) is 12.4. The number of aromatic nitrogens is 6. The molecular formula is C34H36FN9O2. The molecular weight excluding hydrogens is 585 g/mol. The van der Waals surface area contributed by atoms with Gasteiger partial charge in [-0.3, -0.25) is 9.69 Å². The molecule has 8 rings (SSSR count). The molecule has 3 aliphatic rings. The van der Waals surface area contributed by atoms with Crippen LogP contribution in [0.5, 0.6) is 0 Å². The summed E-state index contributed by atoms with van der Waals surface area (Å²) in [6.45, 7) is 7.84. The molecule has 3 aliphatic heterocycles. The van der Waals surface area contributed by atoms with E-state index in [9.17, 15) is 4.79 Å². The number of benzene rings is 2. The molecule has 0 aliphatic carbocycles. The van der Waals surface area contributed by atoms with Gasteiger partial charge in [0.05, 0.1) is 36.8 Å². The van der Waals surface area contributed by atoms with E-state index in [2.05, 4.69) is 32.1 Å². The largest absolute Gasteiger partial charge is 0.379 e. The van der Waals surface area contributed by atoms with Crippen LogP contribution in [0.1, 0.15) is 41.0 Å². The van der Waals surface area contributed by atoms with E-state index in [-0.39, 0.29) is 23.5 Å². The molecule has 2 saturated heterocycles. The third kappa shape index (κ3) is 5.11. The number of morpholine rings is 1. The lowest BCUT2D eigenvalue weighted by atomic mass is 9.93. The standard InChI is InChI=1S/C34H36FN9O2/c1-22-26-6-4-3-5-23(26)9-12-43(22)34(45)30-18-32(31-20-36-40(2)38-31)44-33(37-30)19-29(39-44)27-8-7-24(17-28(27)35)42-11-10-25(21-42)41-13-15-46-16-14-41/h3-8,17-20,22,25H,9-16,21H2,1-2H3/t22-,25+/m1/s1. The van der Waals surface area contributed by atoms with Gasteiger partial charge in [-0.05, 0) is 55.2 Å². The molecule has 0 saturated carbocycles. The van der Waals surface area contributed by atoms with Gasteiger partial charge < -0.3 is 14.5 Å². The van der Waals surface area contributed by atoms with Gasteiger partial charge in [-0.2, -0.15) is 20.1 Å². The molecule has 2 atom stereocenters. The van der Waals surface area contributed by atoms with Crippen molar-refractivity contribution >= 4 is 17.2 Å². The van der Waals surface area contributed by atoms with Gasteiger partial charge in [0.25, 0.3) is 5.91 Å².